The van der Waals surface area contributed by atoms with Gasteiger partial charge in [0.25, 0.3) is 0 Å². The maximum absolute atomic E-state index is 12.8. The molecule has 140 valence electrons. The lowest BCUT2D eigenvalue weighted by atomic mass is 9.97. The summed E-state index contributed by atoms with van der Waals surface area (Å²) < 4.78 is 10.8. The quantitative estimate of drug-likeness (QED) is 0.525. The number of para-hydroxylation sites is 1. The second-order valence-electron chi connectivity index (χ2n) is 6.13. The third-order valence-electron chi connectivity index (χ3n) is 4.43. The Morgan fingerprint density at radius 2 is 1.96 bits per heavy atom. The van der Waals surface area contributed by atoms with E-state index in [4.69, 9.17) is 9.15 Å². The number of aromatic nitrogens is 1. The van der Waals surface area contributed by atoms with Gasteiger partial charge in [-0.15, -0.1) is 0 Å². The third kappa shape index (κ3) is 3.53. The van der Waals surface area contributed by atoms with Crippen molar-refractivity contribution in [3.63, 3.8) is 0 Å². The summed E-state index contributed by atoms with van der Waals surface area (Å²) >= 11 is 0. The molecule has 0 saturated heterocycles. The van der Waals surface area contributed by atoms with Crippen LogP contribution in [0.4, 0.5) is 0 Å². The topological polar surface area (TPSA) is 107 Å². The minimum Gasteiger partial charge on any atom is -0.481 e. The van der Waals surface area contributed by atoms with Crippen molar-refractivity contribution in [2.45, 2.75) is 26.7 Å². The molecule has 0 saturated carbocycles. The summed E-state index contributed by atoms with van der Waals surface area (Å²) in [4.78, 5) is 40.9. The Morgan fingerprint density at radius 1 is 1.22 bits per heavy atom. The molecule has 0 radical (unpaired) electrons. The number of carboxylic acid groups (broad SMARTS) is 1. The SMILES string of the molecule is CCOC(=O)c1cc2c(=O)c3ccccc3oc2nc1CC(CC)C(=O)O. The Bertz CT molecular complexity index is 1080. The molecule has 2 aromatic heterocycles. The van der Waals surface area contributed by atoms with Gasteiger partial charge in [0.05, 0.1) is 34.6 Å². The van der Waals surface area contributed by atoms with Crippen molar-refractivity contribution < 1.29 is 23.8 Å². The van der Waals surface area contributed by atoms with Crippen molar-refractivity contribution in [2.75, 3.05) is 6.61 Å². The molecule has 0 fully saturated rings. The normalized spacial score (nSPS) is 12.2. The van der Waals surface area contributed by atoms with Gasteiger partial charge in [0.1, 0.15) is 5.58 Å². The number of nitrogens with zero attached hydrogens (tertiary/aromatic N) is 1. The molecular weight excluding hydrogens is 350 g/mol. The second kappa shape index (κ2) is 7.57. The van der Waals surface area contributed by atoms with E-state index < -0.39 is 17.9 Å². The van der Waals surface area contributed by atoms with Gasteiger partial charge in [-0.2, -0.15) is 0 Å². The van der Waals surface area contributed by atoms with Crippen LogP contribution in [-0.2, 0) is 16.0 Å². The van der Waals surface area contributed by atoms with Crippen molar-refractivity contribution in [2.24, 2.45) is 5.92 Å². The molecule has 0 aliphatic carbocycles. The predicted octanol–water partition coefficient (Wildman–Crippen LogP) is 3.17. The molecule has 7 nitrogen and oxygen atoms in total. The lowest BCUT2D eigenvalue weighted by Gasteiger charge is -2.13. The lowest BCUT2D eigenvalue weighted by molar-refractivity contribution is -0.141. The van der Waals surface area contributed by atoms with Gasteiger partial charge >= 0.3 is 11.9 Å². The lowest BCUT2D eigenvalue weighted by Crippen LogP contribution is -2.19. The first-order valence-electron chi connectivity index (χ1n) is 8.71. The van der Waals surface area contributed by atoms with Crippen molar-refractivity contribution in [3.8, 4) is 0 Å². The summed E-state index contributed by atoms with van der Waals surface area (Å²) in [6.07, 6.45) is 0.408. The summed E-state index contributed by atoms with van der Waals surface area (Å²) in [7, 11) is 0. The summed E-state index contributed by atoms with van der Waals surface area (Å²) in [5.74, 6) is -2.33. The maximum Gasteiger partial charge on any atom is 0.340 e. The molecule has 1 unspecified atom stereocenters. The van der Waals surface area contributed by atoms with Crippen LogP contribution in [0.3, 0.4) is 0 Å². The van der Waals surface area contributed by atoms with Gasteiger partial charge < -0.3 is 14.3 Å². The fourth-order valence-corrected chi connectivity index (χ4v) is 2.95. The molecule has 0 bridgehead atoms. The second-order valence-corrected chi connectivity index (χ2v) is 6.13. The van der Waals surface area contributed by atoms with Crippen molar-refractivity contribution in [1.29, 1.82) is 0 Å². The fourth-order valence-electron chi connectivity index (χ4n) is 2.95. The first-order valence-corrected chi connectivity index (χ1v) is 8.71. The minimum absolute atomic E-state index is 0.0342. The minimum atomic E-state index is -0.978. The van der Waals surface area contributed by atoms with Gasteiger partial charge in [-0.1, -0.05) is 19.1 Å². The van der Waals surface area contributed by atoms with E-state index in [1.165, 1.54) is 6.07 Å². The number of carbonyl (C=O) groups is 2. The molecule has 1 aromatic carbocycles. The number of carbonyl (C=O) groups excluding carboxylic acids is 1. The Balaban J connectivity index is 2.26. The number of pyridine rings is 1. The number of rotatable bonds is 6. The van der Waals surface area contributed by atoms with Crippen LogP contribution in [0.25, 0.3) is 22.1 Å². The Hall–Kier alpha value is -3.22. The molecule has 1 N–H and O–H groups in total. The number of hydrogen-bond donors (Lipinski definition) is 1. The summed E-state index contributed by atoms with van der Waals surface area (Å²) in [5, 5.41) is 9.89. The van der Waals surface area contributed by atoms with Gasteiger partial charge in [-0.05, 0) is 31.5 Å². The number of benzene rings is 1. The molecule has 1 atom stereocenters. The van der Waals surface area contributed by atoms with Crippen LogP contribution in [0.2, 0.25) is 0 Å². The van der Waals surface area contributed by atoms with E-state index in [9.17, 15) is 19.5 Å². The molecule has 0 spiro atoms. The van der Waals surface area contributed by atoms with Crippen LogP contribution in [-0.4, -0.2) is 28.6 Å². The highest BCUT2D eigenvalue weighted by Crippen LogP contribution is 2.23. The van der Waals surface area contributed by atoms with Gasteiger partial charge in [-0.25, -0.2) is 9.78 Å². The van der Waals surface area contributed by atoms with Crippen molar-refractivity contribution in [1.82, 2.24) is 4.98 Å². The molecular formula is C20H19NO6. The van der Waals surface area contributed by atoms with Gasteiger partial charge in [-0.3, -0.25) is 9.59 Å². The standard InChI is InChI=1S/C20H19NO6/c1-3-11(19(23)24)9-15-13(20(25)26-4-2)10-14-17(22)12-7-5-6-8-16(12)27-18(14)21-15/h5-8,10-11H,3-4,9H2,1-2H3,(H,23,24). The van der Waals surface area contributed by atoms with E-state index >= 15 is 0 Å². The highest BCUT2D eigenvalue weighted by atomic mass is 16.5. The maximum atomic E-state index is 12.8. The van der Waals surface area contributed by atoms with Crippen LogP contribution >= 0.6 is 0 Å². The zero-order valence-electron chi connectivity index (χ0n) is 15.0. The molecule has 0 aliphatic heterocycles. The van der Waals surface area contributed by atoms with E-state index in [0.29, 0.717) is 17.4 Å². The average molecular weight is 369 g/mol. The average Bonchev–Trinajstić information content (AvgIpc) is 2.65. The van der Waals surface area contributed by atoms with Crippen molar-refractivity contribution >= 4 is 34.0 Å². The van der Waals surface area contributed by atoms with Gasteiger partial charge in [0.2, 0.25) is 11.1 Å². The number of hydrogen-bond acceptors (Lipinski definition) is 6. The van der Waals surface area contributed by atoms with E-state index in [1.807, 2.05) is 0 Å². The van der Waals surface area contributed by atoms with Crippen LogP contribution in [0, 0.1) is 5.92 Å². The molecule has 2 heterocycles. The van der Waals surface area contributed by atoms with Crippen LogP contribution < -0.4 is 5.43 Å². The van der Waals surface area contributed by atoms with Crippen LogP contribution in [0.5, 0.6) is 0 Å². The highest BCUT2D eigenvalue weighted by Gasteiger charge is 2.24. The van der Waals surface area contributed by atoms with E-state index in [0.717, 1.165) is 0 Å². The molecule has 7 heteroatoms. The smallest absolute Gasteiger partial charge is 0.340 e. The van der Waals surface area contributed by atoms with Crippen LogP contribution in [0.15, 0.2) is 39.5 Å². The molecule has 3 rings (SSSR count). The number of carboxylic acids is 1. The highest BCUT2D eigenvalue weighted by molar-refractivity contribution is 5.96. The van der Waals surface area contributed by atoms with Crippen LogP contribution in [0.1, 0.15) is 36.3 Å². The largest absolute Gasteiger partial charge is 0.481 e. The fraction of sp³-hybridized carbons (Fsp3) is 0.300. The Morgan fingerprint density at radius 3 is 2.63 bits per heavy atom. The molecule has 0 aliphatic rings. The van der Waals surface area contributed by atoms with E-state index in [-0.39, 0.29) is 40.8 Å². The monoisotopic (exact) mass is 369 g/mol. The zero-order chi connectivity index (χ0) is 19.6. The van der Waals surface area contributed by atoms with E-state index in [1.54, 1.807) is 38.1 Å². The Labute approximate surface area is 154 Å². The first kappa shape index (κ1) is 18.6. The molecule has 27 heavy (non-hydrogen) atoms. The van der Waals surface area contributed by atoms with E-state index in [2.05, 4.69) is 4.98 Å². The summed E-state index contributed by atoms with van der Waals surface area (Å²) in [5.41, 5.74) is 0.478. The molecule has 3 aromatic rings. The number of ether oxygens (including phenoxy) is 1. The Kier molecular flexibility index (Phi) is 5.21. The van der Waals surface area contributed by atoms with Crippen molar-refractivity contribution in [3.05, 3.63) is 51.8 Å². The number of esters is 1. The number of aliphatic carboxylic acids is 1. The first-order chi connectivity index (χ1) is 13.0. The number of fused-ring (bicyclic) bond motifs is 2. The summed E-state index contributed by atoms with van der Waals surface area (Å²) in [6, 6.07) is 8.14. The third-order valence-corrected chi connectivity index (χ3v) is 4.43. The van der Waals surface area contributed by atoms with Gasteiger partial charge in [0, 0.05) is 6.42 Å². The predicted molar refractivity (Wildman–Crippen MR) is 98.9 cm³/mol. The summed E-state index contributed by atoms with van der Waals surface area (Å²) in [6.45, 7) is 3.57. The molecule has 0 amide bonds. The van der Waals surface area contributed by atoms with Gasteiger partial charge in [0.15, 0.2) is 0 Å². The zero-order valence-corrected chi connectivity index (χ0v) is 15.0.